The van der Waals surface area contributed by atoms with Crippen LogP contribution < -0.4 is 15.4 Å². The summed E-state index contributed by atoms with van der Waals surface area (Å²) in [4.78, 5) is 12.3. The Bertz CT molecular complexity index is 883. The third kappa shape index (κ3) is 5.28. The second kappa shape index (κ2) is 8.64. The van der Waals surface area contributed by atoms with Crippen molar-refractivity contribution in [3.63, 3.8) is 0 Å². The van der Waals surface area contributed by atoms with Crippen LogP contribution in [0.15, 0.2) is 47.4 Å². The van der Waals surface area contributed by atoms with Crippen LogP contribution in [-0.4, -0.2) is 27.9 Å². The lowest BCUT2D eigenvalue weighted by molar-refractivity contribution is -0.115. The highest BCUT2D eigenvalue weighted by Crippen LogP contribution is 2.20. The number of rotatable bonds is 7. The van der Waals surface area contributed by atoms with E-state index in [0.29, 0.717) is 16.3 Å². The van der Waals surface area contributed by atoms with Gasteiger partial charge in [-0.1, -0.05) is 29.8 Å². The molecule has 0 bridgehead atoms. The van der Waals surface area contributed by atoms with E-state index in [1.54, 1.807) is 31.2 Å². The molecule has 140 valence electrons. The zero-order valence-electron chi connectivity index (χ0n) is 14.8. The first-order chi connectivity index (χ1) is 12.2. The molecule has 2 rings (SSSR count). The van der Waals surface area contributed by atoms with E-state index < -0.39 is 10.0 Å². The predicted octanol–water partition coefficient (Wildman–Crippen LogP) is 2.85. The van der Waals surface area contributed by atoms with Gasteiger partial charge in [0.15, 0.2) is 0 Å². The molecule has 0 heterocycles. The zero-order valence-corrected chi connectivity index (χ0v) is 16.4. The van der Waals surface area contributed by atoms with Crippen LogP contribution >= 0.6 is 11.6 Å². The third-order valence-corrected chi connectivity index (χ3v) is 5.78. The molecule has 1 atom stereocenters. The molecule has 2 aromatic carbocycles. The minimum atomic E-state index is -3.58. The Labute approximate surface area is 159 Å². The van der Waals surface area contributed by atoms with Gasteiger partial charge < -0.3 is 10.6 Å². The first-order valence-electron chi connectivity index (χ1n) is 8.06. The molecule has 0 aliphatic heterocycles. The highest BCUT2D eigenvalue weighted by molar-refractivity contribution is 7.89. The van der Waals surface area contributed by atoms with E-state index in [9.17, 15) is 13.2 Å². The summed E-state index contributed by atoms with van der Waals surface area (Å²) in [5.41, 5.74) is 2.04. The second-order valence-electron chi connectivity index (χ2n) is 5.89. The molecule has 8 heteroatoms. The molecule has 3 N–H and O–H groups in total. The molecule has 2 aromatic rings. The molecule has 6 nitrogen and oxygen atoms in total. The Hall–Kier alpha value is -1.93. The molecular weight excluding hydrogens is 374 g/mol. The lowest BCUT2D eigenvalue weighted by Gasteiger charge is -2.15. The summed E-state index contributed by atoms with van der Waals surface area (Å²) in [6, 6.07) is 12.1. The van der Waals surface area contributed by atoms with Crippen LogP contribution in [0.5, 0.6) is 0 Å². The summed E-state index contributed by atoms with van der Waals surface area (Å²) < 4.78 is 26.3. The van der Waals surface area contributed by atoms with E-state index in [-0.39, 0.29) is 23.4 Å². The van der Waals surface area contributed by atoms with Gasteiger partial charge in [-0.2, -0.15) is 0 Å². The standard InChI is InChI=1S/C18H22ClN3O3S/c1-12-4-9-16(10-17(12)26(24,25)20-3)22-18(23)11-21-13(2)14-5-7-15(19)8-6-14/h4-10,13,20-21H,11H2,1-3H3,(H,22,23)/t13-/m0/s1. The summed E-state index contributed by atoms with van der Waals surface area (Å²) in [6.45, 7) is 3.73. The number of hydrogen-bond acceptors (Lipinski definition) is 4. The topological polar surface area (TPSA) is 87.3 Å². The van der Waals surface area contributed by atoms with Gasteiger partial charge in [0.1, 0.15) is 0 Å². The number of carbonyl (C=O) groups excluding carboxylic acids is 1. The van der Waals surface area contributed by atoms with E-state index in [4.69, 9.17) is 11.6 Å². The first-order valence-corrected chi connectivity index (χ1v) is 9.92. The van der Waals surface area contributed by atoms with Gasteiger partial charge in [0.25, 0.3) is 0 Å². The number of aryl methyl sites for hydroxylation is 1. The van der Waals surface area contributed by atoms with Crippen molar-refractivity contribution in [2.24, 2.45) is 0 Å². The van der Waals surface area contributed by atoms with Crippen LogP contribution in [0.2, 0.25) is 5.02 Å². The maximum absolute atomic E-state index is 12.2. The summed E-state index contributed by atoms with van der Waals surface area (Å²) in [5.74, 6) is -0.262. The van der Waals surface area contributed by atoms with E-state index in [1.807, 2.05) is 19.1 Å². The molecule has 26 heavy (non-hydrogen) atoms. The van der Waals surface area contributed by atoms with Gasteiger partial charge in [-0.3, -0.25) is 4.79 Å². The number of anilines is 1. The minimum Gasteiger partial charge on any atom is -0.325 e. The van der Waals surface area contributed by atoms with Gasteiger partial charge in [-0.15, -0.1) is 0 Å². The van der Waals surface area contributed by atoms with Gasteiger partial charge in [-0.05, 0) is 56.3 Å². The number of nitrogens with one attached hydrogen (secondary N) is 3. The van der Waals surface area contributed by atoms with Crippen molar-refractivity contribution < 1.29 is 13.2 Å². The quantitative estimate of drug-likeness (QED) is 0.672. The van der Waals surface area contributed by atoms with E-state index in [0.717, 1.165) is 5.56 Å². The first kappa shape index (κ1) is 20.4. The highest BCUT2D eigenvalue weighted by Gasteiger charge is 2.16. The number of amides is 1. The summed E-state index contributed by atoms with van der Waals surface area (Å²) in [6.07, 6.45) is 0. The maximum Gasteiger partial charge on any atom is 0.240 e. The number of sulfonamides is 1. The maximum atomic E-state index is 12.2. The SMILES string of the molecule is CNS(=O)(=O)c1cc(NC(=O)CN[C@@H](C)c2ccc(Cl)cc2)ccc1C. The Morgan fingerprint density at radius 1 is 1.15 bits per heavy atom. The van der Waals surface area contributed by atoms with Crippen LogP contribution in [0.3, 0.4) is 0 Å². The third-order valence-electron chi connectivity index (χ3n) is 3.97. The monoisotopic (exact) mass is 395 g/mol. The summed E-state index contributed by atoms with van der Waals surface area (Å²) in [5, 5.41) is 6.48. The van der Waals surface area contributed by atoms with Gasteiger partial charge >= 0.3 is 0 Å². The highest BCUT2D eigenvalue weighted by atomic mass is 35.5. The number of halogens is 1. The van der Waals surface area contributed by atoms with Crippen molar-refractivity contribution in [2.45, 2.75) is 24.8 Å². The van der Waals surface area contributed by atoms with Crippen molar-refractivity contribution in [3.05, 3.63) is 58.6 Å². The molecule has 0 aliphatic rings. The predicted molar refractivity (Wildman–Crippen MR) is 104 cm³/mol. The minimum absolute atomic E-state index is 0.0312. The molecule has 0 aliphatic carbocycles. The molecular formula is C18H22ClN3O3S. The molecule has 0 saturated carbocycles. The van der Waals surface area contributed by atoms with Gasteiger partial charge in [0.2, 0.25) is 15.9 Å². The smallest absolute Gasteiger partial charge is 0.240 e. The van der Waals surface area contributed by atoms with Crippen LogP contribution in [-0.2, 0) is 14.8 Å². The van der Waals surface area contributed by atoms with Crippen molar-refractivity contribution in [2.75, 3.05) is 18.9 Å². The Kier molecular flexibility index (Phi) is 6.77. The molecule has 0 radical (unpaired) electrons. The number of hydrogen-bond donors (Lipinski definition) is 3. The van der Waals surface area contributed by atoms with Gasteiger partial charge in [0, 0.05) is 16.8 Å². The number of carbonyl (C=O) groups is 1. The molecule has 0 saturated heterocycles. The Morgan fingerprint density at radius 3 is 2.42 bits per heavy atom. The Morgan fingerprint density at radius 2 is 1.81 bits per heavy atom. The Balaban J connectivity index is 1.99. The van der Waals surface area contributed by atoms with Crippen molar-refractivity contribution >= 4 is 33.2 Å². The van der Waals surface area contributed by atoms with Crippen LogP contribution in [0.1, 0.15) is 24.1 Å². The average molecular weight is 396 g/mol. The van der Waals surface area contributed by atoms with E-state index in [2.05, 4.69) is 15.4 Å². The average Bonchev–Trinajstić information content (AvgIpc) is 2.61. The van der Waals surface area contributed by atoms with Crippen molar-refractivity contribution in [3.8, 4) is 0 Å². The molecule has 1 amide bonds. The summed E-state index contributed by atoms with van der Waals surface area (Å²) in [7, 11) is -2.23. The van der Waals surface area contributed by atoms with Crippen molar-refractivity contribution in [1.29, 1.82) is 0 Å². The van der Waals surface area contributed by atoms with Gasteiger partial charge in [0.05, 0.1) is 11.4 Å². The van der Waals surface area contributed by atoms with Crippen LogP contribution in [0.4, 0.5) is 5.69 Å². The second-order valence-corrected chi connectivity index (χ2v) is 8.18. The lowest BCUT2D eigenvalue weighted by atomic mass is 10.1. The van der Waals surface area contributed by atoms with Gasteiger partial charge in [-0.25, -0.2) is 13.1 Å². The normalized spacial score (nSPS) is 12.6. The van der Waals surface area contributed by atoms with Crippen molar-refractivity contribution in [1.82, 2.24) is 10.0 Å². The van der Waals surface area contributed by atoms with E-state index in [1.165, 1.54) is 13.1 Å². The molecule has 0 unspecified atom stereocenters. The van der Waals surface area contributed by atoms with Crippen LogP contribution in [0, 0.1) is 6.92 Å². The number of benzene rings is 2. The fourth-order valence-electron chi connectivity index (χ4n) is 2.40. The lowest BCUT2D eigenvalue weighted by Crippen LogP contribution is -2.30. The van der Waals surface area contributed by atoms with Crippen LogP contribution in [0.25, 0.3) is 0 Å². The summed E-state index contributed by atoms with van der Waals surface area (Å²) >= 11 is 5.87. The molecule has 0 fully saturated rings. The zero-order chi connectivity index (χ0) is 19.3. The molecule has 0 spiro atoms. The fourth-order valence-corrected chi connectivity index (χ4v) is 3.52. The van der Waals surface area contributed by atoms with E-state index >= 15 is 0 Å². The molecule has 0 aromatic heterocycles. The fraction of sp³-hybridized carbons (Fsp3) is 0.278. The largest absolute Gasteiger partial charge is 0.325 e.